The molecule has 0 aromatic carbocycles. The second kappa shape index (κ2) is 3.57. The number of nitrogens with one attached hydrogen (secondary N) is 2. The molecular weight excluding hydrogens is 128 g/mol. The van der Waals surface area contributed by atoms with Gasteiger partial charge in [0.25, 0.3) is 0 Å². The number of hydrogen-bond acceptors (Lipinski definition) is 3. The molecule has 1 fully saturated rings. The molecule has 1 rings (SSSR count). The minimum Gasteiger partial charge on any atom is -0.390 e. The molecule has 3 N–H and O–H groups in total. The van der Waals surface area contributed by atoms with Gasteiger partial charge in [0.05, 0.1) is 12.6 Å². The van der Waals surface area contributed by atoms with Crippen LogP contribution in [0, 0.1) is 12.3 Å². The molecule has 1 heterocycles. The van der Waals surface area contributed by atoms with Gasteiger partial charge in [-0.2, -0.15) is 0 Å². The van der Waals surface area contributed by atoms with Crippen LogP contribution in [-0.2, 0) is 0 Å². The van der Waals surface area contributed by atoms with Crippen molar-refractivity contribution in [1.29, 1.82) is 0 Å². The number of terminal acetylenes is 1. The highest BCUT2D eigenvalue weighted by Gasteiger charge is 2.23. The van der Waals surface area contributed by atoms with Gasteiger partial charge in [0.15, 0.2) is 0 Å². The average Bonchev–Trinajstić information content (AvgIpc) is 2.31. The Morgan fingerprint density at radius 1 is 1.70 bits per heavy atom. The SMILES string of the molecule is C#CCN[C@@H]1CNC[C@H]1O. The van der Waals surface area contributed by atoms with E-state index in [1.165, 1.54) is 0 Å². The van der Waals surface area contributed by atoms with E-state index in [4.69, 9.17) is 6.42 Å². The topological polar surface area (TPSA) is 44.3 Å². The Kier molecular flexibility index (Phi) is 2.69. The van der Waals surface area contributed by atoms with Gasteiger partial charge in [-0.15, -0.1) is 6.42 Å². The Morgan fingerprint density at radius 3 is 3.00 bits per heavy atom. The predicted octanol–water partition coefficient (Wildman–Crippen LogP) is -1.46. The van der Waals surface area contributed by atoms with Crippen LogP contribution in [-0.4, -0.2) is 36.9 Å². The first kappa shape index (κ1) is 7.55. The molecule has 0 aliphatic carbocycles. The third-order valence-electron chi connectivity index (χ3n) is 1.65. The second-order valence-electron chi connectivity index (χ2n) is 2.42. The van der Waals surface area contributed by atoms with E-state index in [1.54, 1.807) is 0 Å². The number of β-amino-alcohol motifs (C(OH)–C–C–N with tert-alkyl or cyclic N) is 1. The number of aliphatic hydroxyl groups is 1. The maximum atomic E-state index is 9.22. The van der Waals surface area contributed by atoms with Crippen LogP contribution >= 0.6 is 0 Å². The highest BCUT2D eigenvalue weighted by Crippen LogP contribution is 1.97. The van der Waals surface area contributed by atoms with Crippen molar-refractivity contribution in [2.24, 2.45) is 0 Å². The van der Waals surface area contributed by atoms with Gasteiger partial charge >= 0.3 is 0 Å². The fraction of sp³-hybridized carbons (Fsp3) is 0.714. The van der Waals surface area contributed by atoms with Gasteiger partial charge in [0.2, 0.25) is 0 Å². The molecule has 0 saturated carbocycles. The summed E-state index contributed by atoms with van der Waals surface area (Å²) in [4.78, 5) is 0. The lowest BCUT2D eigenvalue weighted by atomic mass is 10.2. The lowest BCUT2D eigenvalue weighted by molar-refractivity contribution is 0.165. The summed E-state index contributed by atoms with van der Waals surface area (Å²) in [6, 6.07) is 0.135. The molecule has 0 aromatic rings. The summed E-state index contributed by atoms with van der Waals surface area (Å²) in [5.41, 5.74) is 0. The van der Waals surface area contributed by atoms with Gasteiger partial charge in [-0.3, -0.25) is 5.32 Å². The average molecular weight is 140 g/mol. The van der Waals surface area contributed by atoms with Crippen LogP contribution in [0.1, 0.15) is 0 Å². The van der Waals surface area contributed by atoms with E-state index in [9.17, 15) is 5.11 Å². The summed E-state index contributed by atoms with van der Waals surface area (Å²) in [5.74, 6) is 2.47. The second-order valence-corrected chi connectivity index (χ2v) is 2.42. The van der Waals surface area contributed by atoms with Crippen molar-refractivity contribution < 1.29 is 5.11 Å². The zero-order chi connectivity index (χ0) is 7.40. The molecule has 1 aliphatic rings. The van der Waals surface area contributed by atoms with E-state index < -0.39 is 0 Å². The summed E-state index contributed by atoms with van der Waals surface area (Å²) in [7, 11) is 0. The molecular formula is C7H12N2O. The van der Waals surface area contributed by atoms with Crippen LogP contribution in [0.15, 0.2) is 0 Å². The molecule has 0 unspecified atom stereocenters. The molecule has 0 bridgehead atoms. The first-order valence-corrected chi connectivity index (χ1v) is 3.40. The standard InChI is InChI=1S/C7H12N2O/c1-2-3-9-6-4-8-5-7(6)10/h1,6-10H,3-5H2/t6-,7-/m1/s1. The summed E-state index contributed by atoms with van der Waals surface area (Å²) in [5, 5.41) is 15.3. The molecule has 56 valence electrons. The molecule has 0 radical (unpaired) electrons. The van der Waals surface area contributed by atoms with Crippen LogP contribution in [0.4, 0.5) is 0 Å². The molecule has 2 atom stereocenters. The fourth-order valence-corrected chi connectivity index (χ4v) is 1.06. The van der Waals surface area contributed by atoms with Crippen molar-refractivity contribution in [1.82, 2.24) is 10.6 Å². The Bertz CT molecular complexity index is 141. The first-order chi connectivity index (χ1) is 4.84. The summed E-state index contributed by atoms with van der Waals surface area (Å²) < 4.78 is 0. The smallest absolute Gasteiger partial charge is 0.0829 e. The van der Waals surface area contributed by atoms with Crippen LogP contribution in [0.2, 0.25) is 0 Å². The number of rotatable bonds is 2. The van der Waals surface area contributed by atoms with Crippen LogP contribution < -0.4 is 10.6 Å². The Balaban J connectivity index is 2.21. The summed E-state index contributed by atoms with van der Waals surface area (Å²) >= 11 is 0. The third kappa shape index (κ3) is 1.71. The van der Waals surface area contributed by atoms with Gasteiger partial charge in [0.1, 0.15) is 0 Å². The molecule has 1 aliphatic heterocycles. The minimum absolute atomic E-state index is 0.135. The molecule has 3 nitrogen and oxygen atoms in total. The van der Waals surface area contributed by atoms with Gasteiger partial charge < -0.3 is 10.4 Å². The summed E-state index contributed by atoms with van der Waals surface area (Å²) in [6.07, 6.45) is 4.75. The lowest BCUT2D eigenvalue weighted by Crippen LogP contribution is -2.39. The monoisotopic (exact) mass is 140 g/mol. The van der Waals surface area contributed by atoms with E-state index in [-0.39, 0.29) is 12.1 Å². The van der Waals surface area contributed by atoms with E-state index in [2.05, 4.69) is 16.6 Å². The largest absolute Gasteiger partial charge is 0.390 e. The van der Waals surface area contributed by atoms with Crippen LogP contribution in [0.3, 0.4) is 0 Å². The van der Waals surface area contributed by atoms with Crippen molar-refractivity contribution in [3.8, 4) is 12.3 Å². The van der Waals surface area contributed by atoms with Crippen molar-refractivity contribution in [3.05, 3.63) is 0 Å². The Hall–Kier alpha value is -0.560. The zero-order valence-corrected chi connectivity index (χ0v) is 5.80. The quantitative estimate of drug-likeness (QED) is 0.411. The van der Waals surface area contributed by atoms with Crippen molar-refractivity contribution in [3.63, 3.8) is 0 Å². The predicted molar refractivity (Wildman–Crippen MR) is 39.5 cm³/mol. The molecule has 1 saturated heterocycles. The fourth-order valence-electron chi connectivity index (χ4n) is 1.06. The third-order valence-corrected chi connectivity index (χ3v) is 1.65. The van der Waals surface area contributed by atoms with Crippen molar-refractivity contribution >= 4 is 0 Å². The Morgan fingerprint density at radius 2 is 2.50 bits per heavy atom. The van der Waals surface area contributed by atoms with Crippen molar-refractivity contribution in [2.45, 2.75) is 12.1 Å². The van der Waals surface area contributed by atoms with Gasteiger partial charge in [-0.1, -0.05) is 5.92 Å². The normalized spacial score (nSPS) is 32.0. The molecule has 0 amide bonds. The number of aliphatic hydroxyl groups excluding tert-OH is 1. The maximum Gasteiger partial charge on any atom is 0.0829 e. The van der Waals surface area contributed by atoms with E-state index in [1.807, 2.05) is 0 Å². The maximum absolute atomic E-state index is 9.22. The van der Waals surface area contributed by atoms with Gasteiger partial charge in [-0.25, -0.2) is 0 Å². The lowest BCUT2D eigenvalue weighted by Gasteiger charge is -2.12. The highest BCUT2D eigenvalue weighted by atomic mass is 16.3. The highest BCUT2D eigenvalue weighted by molar-refractivity contribution is 4.93. The van der Waals surface area contributed by atoms with E-state index in [0.717, 1.165) is 6.54 Å². The number of hydrogen-bond donors (Lipinski definition) is 3. The van der Waals surface area contributed by atoms with Gasteiger partial charge in [-0.05, 0) is 0 Å². The first-order valence-electron chi connectivity index (χ1n) is 3.40. The molecule has 3 heteroatoms. The molecule has 10 heavy (non-hydrogen) atoms. The minimum atomic E-state index is -0.284. The van der Waals surface area contributed by atoms with Crippen LogP contribution in [0.5, 0.6) is 0 Å². The van der Waals surface area contributed by atoms with E-state index in [0.29, 0.717) is 13.1 Å². The zero-order valence-electron chi connectivity index (χ0n) is 5.80. The summed E-state index contributed by atoms with van der Waals surface area (Å²) in [6.45, 7) is 2.01. The van der Waals surface area contributed by atoms with Crippen LogP contribution in [0.25, 0.3) is 0 Å². The van der Waals surface area contributed by atoms with Crippen molar-refractivity contribution in [2.75, 3.05) is 19.6 Å². The van der Waals surface area contributed by atoms with Gasteiger partial charge in [0, 0.05) is 19.1 Å². The molecule has 0 spiro atoms. The van der Waals surface area contributed by atoms with E-state index >= 15 is 0 Å². The molecule has 0 aromatic heterocycles. The Labute approximate surface area is 60.8 Å².